The summed E-state index contributed by atoms with van der Waals surface area (Å²) in [5.41, 5.74) is -0.624. The molecule has 2 atom stereocenters. The van der Waals surface area contributed by atoms with Gasteiger partial charge in [-0.05, 0) is 32.6 Å². The van der Waals surface area contributed by atoms with E-state index in [4.69, 9.17) is 4.74 Å². The van der Waals surface area contributed by atoms with Gasteiger partial charge in [0.05, 0.1) is 12.2 Å². The maximum Gasteiger partial charge on any atom is 0.407 e. The highest BCUT2D eigenvalue weighted by Gasteiger charge is 2.33. The van der Waals surface area contributed by atoms with Crippen LogP contribution < -0.4 is 5.32 Å². The Bertz CT molecular complexity index is 216. The smallest absolute Gasteiger partial charge is 0.407 e. The molecule has 0 aromatic rings. The Hall–Kier alpha value is -0.770. The lowest BCUT2D eigenvalue weighted by Crippen LogP contribution is -2.35. The average molecular weight is 215 g/mol. The molecule has 0 heterocycles. The van der Waals surface area contributed by atoms with Gasteiger partial charge in [-0.2, -0.15) is 0 Å². The molecule has 1 saturated carbocycles. The molecule has 1 amide bonds. The van der Waals surface area contributed by atoms with Gasteiger partial charge in [0.2, 0.25) is 0 Å². The fourth-order valence-electron chi connectivity index (χ4n) is 1.86. The van der Waals surface area contributed by atoms with Crippen LogP contribution in [0.5, 0.6) is 0 Å². The van der Waals surface area contributed by atoms with Crippen LogP contribution in [0, 0.1) is 0 Å². The zero-order chi connectivity index (χ0) is 11.3. The third kappa shape index (κ3) is 4.51. The van der Waals surface area contributed by atoms with Crippen molar-refractivity contribution >= 4 is 6.09 Å². The summed E-state index contributed by atoms with van der Waals surface area (Å²) in [6.45, 7) is 4.33. The van der Waals surface area contributed by atoms with Gasteiger partial charge in [-0.3, -0.25) is 0 Å². The summed E-state index contributed by atoms with van der Waals surface area (Å²) in [4.78, 5) is 11.3. The van der Waals surface area contributed by atoms with Crippen molar-refractivity contribution < 1.29 is 14.6 Å². The number of aliphatic hydroxyl groups is 1. The van der Waals surface area contributed by atoms with E-state index >= 15 is 0 Å². The molecule has 1 aliphatic rings. The largest absolute Gasteiger partial charge is 0.450 e. The van der Waals surface area contributed by atoms with Crippen molar-refractivity contribution in [2.24, 2.45) is 0 Å². The van der Waals surface area contributed by atoms with E-state index in [-0.39, 0.29) is 12.1 Å². The maximum atomic E-state index is 11.3. The average Bonchev–Trinajstić information content (AvgIpc) is 2.46. The van der Waals surface area contributed by atoms with Gasteiger partial charge in [0.15, 0.2) is 0 Å². The Morgan fingerprint density at radius 2 is 2.40 bits per heavy atom. The van der Waals surface area contributed by atoms with E-state index in [0.717, 1.165) is 25.7 Å². The summed E-state index contributed by atoms with van der Waals surface area (Å²) in [5.74, 6) is 0. The summed E-state index contributed by atoms with van der Waals surface area (Å²) in [6.07, 6.45) is 3.76. The molecule has 1 fully saturated rings. The number of carbonyl (C=O) groups is 1. The molecule has 0 saturated heterocycles. The van der Waals surface area contributed by atoms with Crippen molar-refractivity contribution in [3.05, 3.63) is 0 Å². The first-order chi connectivity index (χ1) is 7.03. The van der Waals surface area contributed by atoms with Gasteiger partial charge in [-0.1, -0.05) is 13.3 Å². The first kappa shape index (κ1) is 12.3. The van der Waals surface area contributed by atoms with Crippen LogP contribution in [0.25, 0.3) is 0 Å². The minimum Gasteiger partial charge on any atom is -0.450 e. The molecular formula is C11H21NO3. The number of hydrogen-bond acceptors (Lipinski definition) is 3. The Morgan fingerprint density at radius 3 is 2.93 bits per heavy atom. The summed E-state index contributed by atoms with van der Waals surface area (Å²) >= 11 is 0. The van der Waals surface area contributed by atoms with Crippen molar-refractivity contribution in [2.75, 3.05) is 6.61 Å². The SMILES string of the molecule is CCCCOC(=O)NC1CCC(C)(O)C1. The van der Waals surface area contributed by atoms with Crippen LogP contribution in [-0.2, 0) is 4.74 Å². The molecule has 4 nitrogen and oxygen atoms in total. The zero-order valence-corrected chi connectivity index (χ0v) is 9.58. The molecule has 0 aliphatic heterocycles. The minimum atomic E-state index is -0.624. The number of ether oxygens (including phenoxy) is 1. The predicted octanol–water partition coefficient (Wildman–Crippen LogP) is 1.82. The Labute approximate surface area is 91.0 Å². The third-order valence-corrected chi connectivity index (χ3v) is 2.77. The lowest BCUT2D eigenvalue weighted by Gasteiger charge is -2.16. The maximum absolute atomic E-state index is 11.3. The molecule has 4 heteroatoms. The van der Waals surface area contributed by atoms with E-state index in [0.29, 0.717) is 13.0 Å². The van der Waals surface area contributed by atoms with E-state index in [9.17, 15) is 9.90 Å². The highest BCUT2D eigenvalue weighted by Crippen LogP contribution is 2.29. The minimum absolute atomic E-state index is 0.0640. The van der Waals surface area contributed by atoms with Crippen molar-refractivity contribution in [3.63, 3.8) is 0 Å². The summed E-state index contributed by atoms with van der Waals surface area (Å²) < 4.78 is 4.98. The lowest BCUT2D eigenvalue weighted by molar-refractivity contribution is 0.0650. The summed E-state index contributed by atoms with van der Waals surface area (Å²) in [6, 6.07) is 0.0640. The third-order valence-electron chi connectivity index (χ3n) is 2.77. The molecule has 88 valence electrons. The standard InChI is InChI=1S/C11H21NO3/c1-3-4-7-15-10(13)12-9-5-6-11(2,14)8-9/h9,14H,3-8H2,1-2H3,(H,12,13). The van der Waals surface area contributed by atoms with Crippen molar-refractivity contribution in [3.8, 4) is 0 Å². The van der Waals surface area contributed by atoms with Crippen LogP contribution in [0.2, 0.25) is 0 Å². The fourth-order valence-corrected chi connectivity index (χ4v) is 1.86. The van der Waals surface area contributed by atoms with Crippen LogP contribution in [0.3, 0.4) is 0 Å². The second-order valence-corrected chi connectivity index (χ2v) is 4.57. The lowest BCUT2D eigenvalue weighted by atomic mass is 10.1. The number of amides is 1. The molecule has 0 aromatic carbocycles. The van der Waals surface area contributed by atoms with E-state index < -0.39 is 5.60 Å². The number of carbonyl (C=O) groups excluding carboxylic acids is 1. The number of nitrogens with one attached hydrogen (secondary N) is 1. The van der Waals surface area contributed by atoms with Crippen LogP contribution in [0.15, 0.2) is 0 Å². The van der Waals surface area contributed by atoms with Gasteiger partial charge < -0.3 is 15.2 Å². The van der Waals surface area contributed by atoms with Gasteiger partial charge in [-0.15, -0.1) is 0 Å². The van der Waals surface area contributed by atoms with E-state index in [1.54, 1.807) is 6.92 Å². The van der Waals surface area contributed by atoms with Gasteiger partial charge >= 0.3 is 6.09 Å². The predicted molar refractivity (Wildman–Crippen MR) is 57.7 cm³/mol. The first-order valence-corrected chi connectivity index (χ1v) is 5.69. The normalized spacial score (nSPS) is 30.2. The van der Waals surface area contributed by atoms with Gasteiger partial charge in [0.25, 0.3) is 0 Å². The van der Waals surface area contributed by atoms with Gasteiger partial charge in [-0.25, -0.2) is 4.79 Å². The van der Waals surface area contributed by atoms with E-state index in [1.807, 2.05) is 0 Å². The first-order valence-electron chi connectivity index (χ1n) is 5.69. The highest BCUT2D eigenvalue weighted by molar-refractivity contribution is 5.67. The molecule has 2 N–H and O–H groups in total. The van der Waals surface area contributed by atoms with Crippen LogP contribution in [0.1, 0.15) is 46.0 Å². The quantitative estimate of drug-likeness (QED) is 0.703. The molecule has 0 aromatic heterocycles. The van der Waals surface area contributed by atoms with Crippen LogP contribution >= 0.6 is 0 Å². The second kappa shape index (κ2) is 5.35. The molecule has 0 bridgehead atoms. The number of unbranched alkanes of at least 4 members (excludes halogenated alkanes) is 1. The molecule has 2 unspecified atom stereocenters. The topological polar surface area (TPSA) is 58.6 Å². The van der Waals surface area contributed by atoms with Gasteiger partial charge in [0, 0.05) is 6.04 Å². The van der Waals surface area contributed by atoms with Crippen molar-refractivity contribution in [1.82, 2.24) is 5.32 Å². The van der Waals surface area contributed by atoms with Crippen molar-refractivity contribution in [1.29, 1.82) is 0 Å². The molecule has 15 heavy (non-hydrogen) atoms. The molecule has 0 spiro atoms. The molecule has 1 aliphatic carbocycles. The Kier molecular flexibility index (Phi) is 4.39. The van der Waals surface area contributed by atoms with E-state index in [2.05, 4.69) is 12.2 Å². The van der Waals surface area contributed by atoms with Crippen molar-refractivity contribution in [2.45, 2.75) is 57.6 Å². The summed E-state index contributed by atoms with van der Waals surface area (Å²) in [7, 11) is 0. The van der Waals surface area contributed by atoms with Crippen LogP contribution in [-0.4, -0.2) is 29.4 Å². The molecule has 1 rings (SSSR count). The Morgan fingerprint density at radius 1 is 1.67 bits per heavy atom. The fraction of sp³-hybridized carbons (Fsp3) is 0.909. The summed E-state index contributed by atoms with van der Waals surface area (Å²) in [5, 5.41) is 12.5. The highest BCUT2D eigenvalue weighted by atomic mass is 16.5. The van der Waals surface area contributed by atoms with Crippen LogP contribution in [0.4, 0.5) is 4.79 Å². The number of alkyl carbamates (subject to hydrolysis) is 1. The Balaban J connectivity index is 2.16. The van der Waals surface area contributed by atoms with Gasteiger partial charge in [0.1, 0.15) is 0 Å². The zero-order valence-electron chi connectivity index (χ0n) is 9.58. The monoisotopic (exact) mass is 215 g/mol. The van der Waals surface area contributed by atoms with E-state index in [1.165, 1.54) is 0 Å². The number of rotatable bonds is 4. The number of hydrogen-bond donors (Lipinski definition) is 2. The second-order valence-electron chi connectivity index (χ2n) is 4.57. The molecular weight excluding hydrogens is 194 g/mol. The molecule has 0 radical (unpaired) electrons.